The Morgan fingerprint density at radius 3 is 2.73 bits per heavy atom. The average Bonchev–Trinajstić information content (AvgIpc) is 3.42. The van der Waals surface area contributed by atoms with Crippen LogP contribution in [0.4, 0.5) is 27.8 Å². The molecule has 0 aromatic carbocycles. The summed E-state index contributed by atoms with van der Waals surface area (Å²) in [6.45, 7) is 2.71. The summed E-state index contributed by atoms with van der Waals surface area (Å²) in [5.74, 6) is 0.636. The Morgan fingerprint density at radius 1 is 1.18 bits per heavy atom. The molecular weight excluding hydrogens is 445 g/mol. The van der Waals surface area contributed by atoms with Gasteiger partial charge >= 0.3 is 6.18 Å². The third-order valence-corrected chi connectivity index (χ3v) is 8.01. The molecule has 2 N–H and O–H groups in total. The molecular formula is C22H24F5N5O. The number of pyridine rings is 1. The Balaban J connectivity index is 1.33. The maximum absolute atomic E-state index is 13.4. The van der Waals surface area contributed by atoms with Crippen molar-refractivity contribution in [2.75, 3.05) is 32.0 Å². The summed E-state index contributed by atoms with van der Waals surface area (Å²) >= 11 is 0. The molecule has 1 saturated heterocycles. The van der Waals surface area contributed by atoms with E-state index in [1.165, 1.54) is 10.9 Å². The second-order valence-electron chi connectivity index (χ2n) is 9.54. The van der Waals surface area contributed by atoms with Crippen molar-refractivity contribution < 1.29 is 26.7 Å². The lowest BCUT2D eigenvalue weighted by atomic mass is 10.00. The van der Waals surface area contributed by atoms with Gasteiger partial charge in [-0.05, 0) is 42.7 Å². The van der Waals surface area contributed by atoms with Crippen LogP contribution >= 0.6 is 0 Å². The van der Waals surface area contributed by atoms with Crippen molar-refractivity contribution in [1.29, 1.82) is 0 Å². The highest BCUT2D eigenvalue weighted by atomic mass is 19.4. The third-order valence-electron chi connectivity index (χ3n) is 8.01. The Bertz CT molecular complexity index is 1070. The van der Waals surface area contributed by atoms with E-state index in [4.69, 9.17) is 10.5 Å². The van der Waals surface area contributed by atoms with Gasteiger partial charge in [-0.25, -0.2) is 13.8 Å². The van der Waals surface area contributed by atoms with Crippen LogP contribution in [0.1, 0.15) is 24.1 Å². The van der Waals surface area contributed by atoms with Gasteiger partial charge in [-0.2, -0.15) is 18.3 Å². The van der Waals surface area contributed by atoms with Gasteiger partial charge in [-0.15, -0.1) is 0 Å². The number of fused-ring (bicyclic) bond motifs is 1. The first kappa shape index (κ1) is 21.3. The number of halogens is 5. The molecule has 4 saturated carbocycles. The molecule has 3 heterocycles. The van der Waals surface area contributed by atoms with Crippen LogP contribution in [0, 0.1) is 17.8 Å². The van der Waals surface area contributed by atoms with Crippen LogP contribution in [-0.2, 0) is 22.9 Å². The van der Waals surface area contributed by atoms with E-state index in [9.17, 15) is 22.0 Å². The molecule has 11 heteroatoms. The normalized spacial score (nSPS) is 33.3. The van der Waals surface area contributed by atoms with Crippen molar-refractivity contribution >= 4 is 5.82 Å². The molecule has 2 aromatic heterocycles. The second-order valence-corrected chi connectivity index (χ2v) is 9.54. The zero-order chi connectivity index (χ0) is 23.1. The van der Waals surface area contributed by atoms with Crippen LogP contribution in [0.15, 0.2) is 18.3 Å². The number of anilines is 1. The fraction of sp³-hybridized carbons (Fsp3) is 0.636. The zero-order valence-corrected chi connectivity index (χ0v) is 17.7. The summed E-state index contributed by atoms with van der Waals surface area (Å²) in [4.78, 5) is 6.14. The predicted octanol–water partition coefficient (Wildman–Crippen LogP) is 3.42. The predicted molar refractivity (Wildman–Crippen MR) is 108 cm³/mol. The first-order valence-corrected chi connectivity index (χ1v) is 11.2. The Morgan fingerprint density at radius 2 is 2.00 bits per heavy atom. The molecule has 0 amide bonds. The van der Waals surface area contributed by atoms with Crippen LogP contribution < -0.4 is 5.73 Å². The zero-order valence-electron chi connectivity index (χ0n) is 17.7. The monoisotopic (exact) mass is 469 g/mol. The van der Waals surface area contributed by atoms with E-state index in [-0.39, 0.29) is 16.7 Å². The summed E-state index contributed by atoms with van der Waals surface area (Å²) in [5, 5.41) is 4.31. The lowest BCUT2D eigenvalue weighted by Gasteiger charge is -2.27. The van der Waals surface area contributed by atoms with Crippen LogP contribution in [-0.4, -0.2) is 58.4 Å². The number of rotatable bonds is 5. The first-order valence-electron chi connectivity index (χ1n) is 11.2. The molecule has 33 heavy (non-hydrogen) atoms. The fourth-order valence-electron chi connectivity index (χ4n) is 6.68. The summed E-state index contributed by atoms with van der Waals surface area (Å²) in [6.07, 6.45) is -4.07. The van der Waals surface area contributed by atoms with Crippen molar-refractivity contribution in [1.82, 2.24) is 19.7 Å². The molecule has 2 aromatic rings. The minimum absolute atomic E-state index is 0.119. The van der Waals surface area contributed by atoms with E-state index in [0.717, 1.165) is 44.3 Å². The van der Waals surface area contributed by atoms with Gasteiger partial charge in [0.2, 0.25) is 0 Å². The van der Waals surface area contributed by atoms with Crippen molar-refractivity contribution in [3.63, 3.8) is 0 Å². The topological polar surface area (TPSA) is 69.2 Å². The molecule has 5 atom stereocenters. The van der Waals surface area contributed by atoms with Gasteiger partial charge in [-0.1, -0.05) is 0 Å². The lowest BCUT2D eigenvalue weighted by Crippen LogP contribution is -2.37. The highest BCUT2D eigenvalue weighted by Gasteiger charge is 2.93. The van der Waals surface area contributed by atoms with E-state index in [2.05, 4.69) is 15.0 Å². The SMILES string of the molecule is Nc1ncc(-c2cc(C34C5CC(N6CCCOCC6)C3C54)n(CC(F)F)n2)cc1C(F)(F)F. The molecule has 178 valence electrons. The van der Waals surface area contributed by atoms with Gasteiger partial charge in [0, 0.05) is 48.6 Å². The molecule has 2 bridgehead atoms. The number of aromatic nitrogens is 3. The van der Waals surface area contributed by atoms with Gasteiger partial charge in [0.1, 0.15) is 12.4 Å². The molecule has 6 nitrogen and oxygen atoms in total. The number of alkyl halides is 5. The molecule has 5 unspecified atom stereocenters. The maximum Gasteiger partial charge on any atom is 0.419 e. The summed E-state index contributed by atoms with van der Waals surface area (Å²) < 4.78 is 73.5. The molecule has 7 rings (SSSR count). The molecule has 5 fully saturated rings. The number of nitrogens with zero attached hydrogens (tertiary/aromatic N) is 4. The largest absolute Gasteiger partial charge is 0.419 e. The molecule has 1 aliphatic heterocycles. The van der Waals surface area contributed by atoms with Crippen LogP contribution in [0.25, 0.3) is 11.3 Å². The molecule has 0 spiro atoms. The number of hydrogen-bond donors (Lipinski definition) is 1. The van der Waals surface area contributed by atoms with E-state index in [1.807, 2.05) is 0 Å². The first-order chi connectivity index (χ1) is 15.7. The van der Waals surface area contributed by atoms with Gasteiger partial charge in [0.25, 0.3) is 6.43 Å². The number of nitrogens with two attached hydrogens (primary N) is 1. The second kappa shape index (κ2) is 7.11. The Hall–Kier alpha value is -2.27. The molecule has 0 radical (unpaired) electrons. The van der Waals surface area contributed by atoms with Crippen LogP contribution in [0.3, 0.4) is 0 Å². The smallest absolute Gasteiger partial charge is 0.383 e. The fourth-order valence-corrected chi connectivity index (χ4v) is 6.68. The van der Waals surface area contributed by atoms with Crippen LogP contribution in [0.2, 0.25) is 0 Å². The van der Waals surface area contributed by atoms with E-state index >= 15 is 0 Å². The number of ether oxygens (including phenoxy) is 1. The highest BCUT2D eigenvalue weighted by molar-refractivity contribution is 5.65. The summed E-state index contributed by atoms with van der Waals surface area (Å²) in [6, 6.07) is 2.98. The minimum Gasteiger partial charge on any atom is -0.383 e. The van der Waals surface area contributed by atoms with Crippen molar-refractivity contribution in [3.05, 3.63) is 29.6 Å². The van der Waals surface area contributed by atoms with Gasteiger partial charge in [0.15, 0.2) is 0 Å². The van der Waals surface area contributed by atoms with E-state index in [1.54, 1.807) is 6.07 Å². The average molecular weight is 469 g/mol. The standard InChI is InChI=1S/C22H24F5N5O/c23-17(24)10-32-16(8-14(30-32)11-6-13(22(25,26)27)20(28)29-9-11)21-12-7-15(19(21)18(12)21)31-2-1-4-33-5-3-31/h6,8-9,12,15,17-19H,1-5,7,10H2,(H2,28,29). The molecule has 5 aliphatic rings. The van der Waals surface area contributed by atoms with Gasteiger partial charge in [0.05, 0.1) is 17.9 Å². The van der Waals surface area contributed by atoms with E-state index < -0.39 is 30.5 Å². The maximum atomic E-state index is 13.4. The van der Waals surface area contributed by atoms with Crippen LogP contribution in [0.5, 0.6) is 0 Å². The Kier molecular flexibility index (Phi) is 4.59. The summed E-state index contributed by atoms with van der Waals surface area (Å²) in [5.41, 5.74) is 5.24. The van der Waals surface area contributed by atoms with Gasteiger partial charge in [-0.3, -0.25) is 9.58 Å². The quantitative estimate of drug-likeness (QED) is 0.680. The number of hydrogen-bond acceptors (Lipinski definition) is 5. The number of nitrogen functional groups attached to an aromatic ring is 1. The van der Waals surface area contributed by atoms with Crippen molar-refractivity contribution in [2.45, 2.75) is 43.4 Å². The van der Waals surface area contributed by atoms with Gasteiger partial charge < -0.3 is 10.5 Å². The van der Waals surface area contributed by atoms with Crippen molar-refractivity contribution in [2.24, 2.45) is 17.8 Å². The van der Waals surface area contributed by atoms with E-state index in [0.29, 0.717) is 30.4 Å². The Labute approximate surface area is 186 Å². The molecule has 4 aliphatic carbocycles. The van der Waals surface area contributed by atoms with Crippen molar-refractivity contribution in [3.8, 4) is 11.3 Å². The highest BCUT2D eigenvalue weighted by Crippen LogP contribution is 2.91. The minimum atomic E-state index is -4.67. The summed E-state index contributed by atoms with van der Waals surface area (Å²) in [7, 11) is 0. The third kappa shape index (κ3) is 3.11. The lowest BCUT2D eigenvalue weighted by molar-refractivity contribution is -0.137.